The van der Waals surface area contributed by atoms with Crippen LogP contribution < -0.4 is 4.48 Å². The van der Waals surface area contributed by atoms with E-state index in [9.17, 15) is 49.1 Å². The SMILES string of the molecule is CC[C@@H]1C[C@H](N(Cc2cc(C(F)(F)F)cc(C(F)(F)F)c2)C(C)=O)c2ccccc2[N+]1(C(=O)OC(C)C)C(F)(F)F. The molecule has 3 atom stereocenters. The summed E-state index contributed by atoms with van der Waals surface area (Å²) in [6, 6.07) is 3.06. The molecule has 41 heavy (non-hydrogen) atoms. The van der Waals surface area contributed by atoms with Gasteiger partial charge in [-0.1, -0.05) is 29.6 Å². The quantitative estimate of drug-likeness (QED) is 0.197. The zero-order valence-electron chi connectivity index (χ0n) is 22.4. The first-order valence-electron chi connectivity index (χ1n) is 12.6. The van der Waals surface area contributed by atoms with Crippen molar-refractivity contribution in [1.82, 2.24) is 9.38 Å². The molecule has 1 aliphatic heterocycles. The average molecular weight is 600 g/mol. The van der Waals surface area contributed by atoms with Gasteiger partial charge in [0.1, 0.15) is 12.1 Å². The molecule has 2 amide bonds. The molecule has 14 heteroatoms. The van der Waals surface area contributed by atoms with E-state index in [2.05, 4.69) is 0 Å². The van der Waals surface area contributed by atoms with Gasteiger partial charge in [-0.2, -0.15) is 31.1 Å². The normalized spacial score (nSPS) is 21.4. The Morgan fingerprint density at radius 1 is 0.951 bits per heavy atom. The third-order valence-electron chi connectivity index (χ3n) is 7.00. The van der Waals surface area contributed by atoms with Gasteiger partial charge in [0.05, 0.1) is 17.2 Å². The number of hydrogen-bond acceptors (Lipinski definition) is 3. The number of carbonyl (C=O) groups is 2. The van der Waals surface area contributed by atoms with Gasteiger partial charge < -0.3 is 9.64 Å². The minimum Gasteiger partial charge on any atom is -0.417 e. The lowest BCUT2D eigenvalue weighted by Gasteiger charge is -2.48. The lowest BCUT2D eigenvalue weighted by molar-refractivity contribution is -0.241. The summed E-state index contributed by atoms with van der Waals surface area (Å²) in [6.45, 7) is 4.41. The number of quaternary nitrogens is 1. The second-order valence-corrected chi connectivity index (χ2v) is 10.1. The molecule has 2 aromatic rings. The van der Waals surface area contributed by atoms with Crippen LogP contribution in [0.15, 0.2) is 42.5 Å². The monoisotopic (exact) mass is 599 g/mol. The van der Waals surface area contributed by atoms with Crippen LogP contribution in [0.3, 0.4) is 0 Å². The van der Waals surface area contributed by atoms with E-state index in [1.807, 2.05) is 0 Å². The maximum atomic E-state index is 14.9. The second-order valence-electron chi connectivity index (χ2n) is 10.1. The first kappa shape index (κ1) is 32.2. The van der Waals surface area contributed by atoms with Crippen LogP contribution in [0.1, 0.15) is 68.8 Å². The van der Waals surface area contributed by atoms with Crippen molar-refractivity contribution in [2.75, 3.05) is 0 Å². The summed E-state index contributed by atoms with van der Waals surface area (Å²) in [5, 5.41) is 0. The summed E-state index contributed by atoms with van der Waals surface area (Å²) in [5.74, 6) is -0.803. The first-order valence-corrected chi connectivity index (χ1v) is 12.6. The molecule has 0 fully saturated rings. The number of benzene rings is 2. The molecule has 1 aliphatic rings. The minimum absolute atomic E-state index is 0.0554. The van der Waals surface area contributed by atoms with Crippen LogP contribution in [0.25, 0.3) is 0 Å². The summed E-state index contributed by atoms with van der Waals surface area (Å²) in [7, 11) is 0. The Balaban J connectivity index is 2.23. The van der Waals surface area contributed by atoms with E-state index in [0.29, 0.717) is 12.1 Å². The van der Waals surface area contributed by atoms with Gasteiger partial charge in [-0.25, -0.2) is 0 Å². The molecule has 226 valence electrons. The minimum atomic E-state index is -5.20. The molecule has 2 aromatic carbocycles. The van der Waals surface area contributed by atoms with Crippen molar-refractivity contribution in [1.29, 1.82) is 0 Å². The third-order valence-corrected chi connectivity index (χ3v) is 7.00. The van der Waals surface area contributed by atoms with E-state index < -0.39 is 88.7 Å². The fourth-order valence-corrected chi connectivity index (χ4v) is 5.29. The summed E-state index contributed by atoms with van der Waals surface area (Å²) >= 11 is 0. The molecule has 0 aromatic heterocycles. The van der Waals surface area contributed by atoms with Crippen LogP contribution in [0.2, 0.25) is 0 Å². The maximum Gasteiger partial charge on any atom is 0.576 e. The van der Waals surface area contributed by atoms with Gasteiger partial charge in [-0.15, -0.1) is 13.2 Å². The van der Waals surface area contributed by atoms with Gasteiger partial charge in [0.2, 0.25) is 5.91 Å². The van der Waals surface area contributed by atoms with Crippen LogP contribution in [-0.2, 0) is 28.4 Å². The Bertz CT molecular complexity index is 1260. The molecule has 0 N–H and O–H groups in total. The van der Waals surface area contributed by atoms with Crippen molar-refractivity contribution in [3.63, 3.8) is 0 Å². The van der Waals surface area contributed by atoms with Crippen LogP contribution in [-0.4, -0.2) is 35.3 Å². The number of nitrogens with zero attached hydrogens (tertiary/aromatic N) is 2. The molecular weight excluding hydrogens is 571 g/mol. The number of hydrogen-bond donors (Lipinski definition) is 0. The Labute approximate surface area is 230 Å². The highest BCUT2D eigenvalue weighted by molar-refractivity contribution is 5.86. The topological polar surface area (TPSA) is 46.6 Å². The Kier molecular flexibility index (Phi) is 8.79. The number of halogens is 9. The fourth-order valence-electron chi connectivity index (χ4n) is 5.29. The molecule has 5 nitrogen and oxygen atoms in total. The lowest BCUT2D eigenvalue weighted by Crippen LogP contribution is -2.71. The Hall–Kier alpha value is -3.29. The van der Waals surface area contributed by atoms with E-state index in [4.69, 9.17) is 4.74 Å². The molecule has 1 heterocycles. The predicted molar refractivity (Wildman–Crippen MR) is 130 cm³/mol. The zero-order valence-corrected chi connectivity index (χ0v) is 22.4. The van der Waals surface area contributed by atoms with Crippen molar-refractivity contribution in [3.05, 3.63) is 64.7 Å². The van der Waals surface area contributed by atoms with E-state index in [-0.39, 0.29) is 18.1 Å². The third kappa shape index (κ3) is 6.16. The van der Waals surface area contributed by atoms with E-state index in [0.717, 1.165) is 17.9 Å². The average Bonchev–Trinajstić information content (AvgIpc) is 2.83. The van der Waals surface area contributed by atoms with Gasteiger partial charge in [0.15, 0.2) is 5.69 Å². The van der Waals surface area contributed by atoms with Gasteiger partial charge in [0.25, 0.3) is 0 Å². The van der Waals surface area contributed by atoms with Gasteiger partial charge in [-0.05, 0) is 44.0 Å². The van der Waals surface area contributed by atoms with Crippen molar-refractivity contribution < 1.29 is 53.8 Å². The highest BCUT2D eigenvalue weighted by Gasteiger charge is 2.70. The van der Waals surface area contributed by atoms with Gasteiger partial charge in [0, 0.05) is 31.5 Å². The smallest absolute Gasteiger partial charge is 0.417 e. The summed E-state index contributed by atoms with van der Waals surface area (Å²) in [5.41, 5.74) is -4.38. The van der Waals surface area contributed by atoms with Crippen molar-refractivity contribution in [2.45, 2.75) is 83.9 Å². The predicted octanol–water partition coefficient (Wildman–Crippen LogP) is 8.37. The van der Waals surface area contributed by atoms with E-state index in [1.54, 1.807) is 0 Å². The van der Waals surface area contributed by atoms with Crippen molar-refractivity contribution in [2.24, 2.45) is 0 Å². The zero-order chi connectivity index (χ0) is 31.1. The number of fused-ring (bicyclic) bond motifs is 1. The Morgan fingerprint density at radius 2 is 1.49 bits per heavy atom. The maximum absolute atomic E-state index is 14.9. The molecule has 1 unspecified atom stereocenters. The van der Waals surface area contributed by atoms with Crippen molar-refractivity contribution >= 4 is 17.7 Å². The molecule has 3 rings (SSSR count). The van der Waals surface area contributed by atoms with Crippen LogP contribution in [0.4, 0.5) is 50.0 Å². The number of amides is 2. The van der Waals surface area contributed by atoms with Crippen LogP contribution >= 0.6 is 0 Å². The molecule has 0 saturated carbocycles. The number of alkyl halides is 9. The summed E-state index contributed by atoms with van der Waals surface area (Å²) < 4.78 is 128. The van der Waals surface area contributed by atoms with Crippen molar-refractivity contribution in [3.8, 4) is 0 Å². The standard InChI is InChI=1S/C27H28F9N2O3/c1-5-20-13-22(21-8-6-7-9-23(21)38(20,27(34,35)36)24(40)41-15(2)3)37(16(4)39)14-17-10-18(25(28,29)30)12-19(11-17)26(31,32)33/h6-12,15,20,22H,5,13-14H2,1-4H3/q+1/t20-,22+,38?/m1/s1. The molecular formula is C27H28F9N2O3+. The van der Waals surface area contributed by atoms with Crippen LogP contribution in [0, 0.1) is 0 Å². The van der Waals surface area contributed by atoms with Gasteiger partial charge in [-0.3, -0.25) is 4.79 Å². The second kappa shape index (κ2) is 11.2. The van der Waals surface area contributed by atoms with E-state index >= 15 is 0 Å². The summed E-state index contributed by atoms with van der Waals surface area (Å²) in [6.07, 6.45) is -18.7. The largest absolute Gasteiger partial charge is 0.576 e. The molecule has 0 bridgehead atoms. The number of rotatable bonds is 5. The lowest BCUT2D eigenvalue weighted by atomic mass is 9.86. The molecule has 0 saturated heterocycles. The Morgan fingerprint density at radius 3 is 1.93 bits per heavy atom. The number of ether oxygens (including phenoxy) is 1. The number of carbonyl (C=O) groups excluding carboxylic acids is 2. The number of para-hydroxylation sites is 1. The molecule has 0 radical (unpaired) electrons. The molecule has 0 aliphatic carbocycles. The fraction of sp³-hybridized carbons (Fsp3) is 0.481. The van der Waals surface area contributed by atoms with Crippen LogP contribution in [0.5, 0.6) is 0 Å². The molecule has 0 spiro atoms. The highest BCUT2D eigenvalue weighted by Crippen LogP contribution is 2.52. The van der Waals surface area contributed by atoms with Gasteiger partial charge >= 0.3 is 24.7 Å². The summed E-state index contributed by atoms with van der Waals surface area (Å²) in [4.78, 5) is 27.0. The first-order chi connectivity index (χ1) is 18.7. The highest BCUT2D eigenvalue weighted by atomic mass is 19.4. The van der Waals surface area contributed by atoms with E-state index in [1.165, 1.54) is 39.0 Å².